The first kappa shape index (κ1) is 98.0. The monoisotopic (exact) mass is 1590 g/mol. The third kappa shape index (κ3) is 32.3. The number of esters is 1. The number of anilines is 1. The highest BCUT2D eigenvalue weighted by molar-refractivity contribution is 6.01. The summed E-state index contributed by atoms with van der Waals surface area (Å²) in [6, 6.07) is 0.209. The Morgan fingerprint density at radius 1 is 0.664 bits per heavy atom. The molecular weight excluding hydrogens is 1470 g/mol. The molecule has 2 aliphatic rings. The van der Waals surface area contributed by atoms with Gasteiger partial charge in [0.1, 0.15) is 24.6 Å². The van der Waals surface area contributed by atoms with Crippen LogP contribution in [0.4, 0.5) is 5.69 Å². The third-order valence-electron chi connectivity index (χ3n) is 20.5. The third-order valence-corrected chi connectivity index (χ3v) is 20.5. The Kier molecular flexibility index (Phi) is 42.2. The van der Waals surface area contributed by atoms with Crippen molar-refractivity contribution in [2.75, 3.05) is 86.7 Å². The number of allylic oxidation sites excluding steroid dienone is 1. The molecule has 3 rings (SSSR count). The highest BCUT2D eigenvalue weighted by Crippen LogP contribution is 2.34. The SMILES string of the molecule is C=C(O)/C=C\C(=O)N1CC(=O)CCCOCCC(=O)N[C@@H](C)C(=O)C[C@@H](C)C(=O)Oc2ccc(C[C@H](CC(=O)[C@H](C)[C@@H](OC)[C@@H]3CCCN3C(=O)C[C@@H](OC)[C@H]([C@@H](C)CC)N(C)C(=O)[C@@H](CC(=O)[C@H](C(C)C)N(C)C)C(C)C)C(=O)O)cc2NC(=O)[C@H](C)CC(=O)[C@H](C)NC(=O)CCOCCCC(=O)CN1C(=O)/C=C\C(=O)O. The maximum absolute atomic E-state index is 14.7. The average Bonchev–Trinajstić information content (AvgIpc) is 1.27. The summed E-state index contributed by atoms with van der Waals surface area (Å²) in [5, 5.41) is 38.6. The van der Waals surface area contributed by atoms with Gasteiger partial charge in [0, 0.05) is 128 Å². The summed E-state index contributed by atoms with van der Waals surface area (Å²) in [5.41, 5.74) is 0.0898. The van der Waals surface area contributed by atoms with E-state index in [4.69, 9.17) is 23.7 Å². The summed E-state index contributed by atoms with van der Waals surface area (Å²) in [5.74, 6) is -18.1. The van der Waals surface area contributed by atoms with Crippen LogP contribution in [-0.2, 0) is 102 Å². The van der Waals surface area contributed by atoms with Crippen molar-refractivity contribution in [3.63, 3.8) is 0 Å². The van der Waals surface area contributed by atoms with E-state index in [1.807, 2.05) is 60.5 Å². The topological polar surface area (TPSA) is 432 Å². The van der Waals surface area contributed by atoms with Gasteiger partial charge in [-0.3, -0.25) is 76.8 Å². The van der Waals surface area contributed by atoms with E-state index in [9.17, 15) is 92.0 Å². The quantitative estimate of drug-likeness (QED) is 0.0192. The molecule has 0 unspecified atom stereocenters. The Morgan fingerprint density at radius 3 is 1.68 bits per heavy atom. The fourth-order valence-corrected chi connectivity index (χ4v) is 13.9. The van der Waals surface area contributed by atoms with E-state index in [-0.39, 0.29) is 143 Å². The van der Waals surface area contributed by atoms with Crippen LogP contribution in [0.3, 0.4) is 0 Å². The number of aliphatic hydroxyl groups excluding tert-OH is 1. The smallest absolute Gasteiger partial charge is 0.328 e. The van der Waals surface area contributed by atoms with Gasteiger partial charge in [-0.15, -0.1) is 0 Å². The van der Waals surface area contributed by atoms with Gasteiger partial charge in [0.05, 0.1) is 79.6 Å². The molecule has 0 aromatic heterocycles. The zero-order chi connectivity index (χ0) is 85.3. The van der Waals surface area contributed by atoms with Crippen molar-refractivity contribution in [2.24, 2.45) is 47.3 Å². The summed E-state index contributed by atoms with van der Waals surface area (Å²) in [6.45, 7) is 20.3. The number of aliphatic carboxylic acids is 2. The number of aliphatic hydroxyl groups is 1. The minimum absolute atomic E-state index is 0.0127. The van der Waals surface area contributed by atoms with E-state index in [1.54, 1.807) is 23.8 Å². The summed E-state index contributed by atoms with van der Waals surface area (Å²) >= 11 is 0. The molecule has 7 amide bonds. The highest BCUT2D eigenvalue weighted by Gasteiger charge is 2.44. The Morgan fingerprint density at radius 2 is 1.20 bits per heavy atom. The predicted molar refractivity (Wildman–Crippen MR) is 415 cm³/mol. The fourth-order valence-electron chi connectivity index (χ4n) is 13.9. The first-order valence-corrected chi connectivity index (χ1v) is 38.7. The zero-order valence-corrected chi connectivity index (χ0v) is 68.6. The van der Waals surface area contributed by atoms with E-state index in [2.05, 4.69) is 22.5 Å². The minimum Gasteiger partial charge on any atom is -0.509 e. The number of methoxy groups -OCH3 is 2. The molecule has 1 aromatic carbocycles. The van der Waals surface area contributed by atoms with Crippen LogP contribution in [-0.4, -0.2) is 258 Å². The number of fused-ring (bicyclic) bond motifs is 1. The number of hydrogen-bond acceptors (Lipinski definition) is 23. The van der Waals surface area contributed by atoms with Crippen molar-refractivity contribution < 1.29 is 116 Å². The maximum atomic E-state index is 14.7. The molecular formula is C81H122N8O24. The van der Waals surface area contributed by atoms with E-state index in [0.717, 1.165) is 12.2 Å². The van der Waals surface area contributed by atoms with Crippen molar-refractivity contribution in [1.29, 1.82) is 0 Å². The zero-order valence-electron chi connectivity index (χ0n) is 68.6. The van der Waals surface area contributed by atoms with Gasteiger partial charge >= 0.3 is 17.9 Å². The van der Waals surface area contributed by atoms with Crippen LogP contribution in [0.2, 0.25) is 0 Å². The summed E-state index contributed by atoms with van der Waals surface area (Å²) in [7, 11) is 8.27. The number of ether oxygens (including phenoxy) is 5. The Bertz CT molecular complexity index is 3560. The average molecular weight is 1590 g/mol. The molecule has 1 saturated heterocycles. The van der Waals surface area contributed by atoms with Gasteiger partial charge in [-0.1, -0.05) is 81.4 Å². The number of carbonyl (C=O) groups excluding carboxylic acids is 14. The molecule has 630 valence electrons. The largest absolute Gasteiger partial charge is 0.509 e. The molecule has 113 heavy (non-hydrogen) atoms. The number of amides is 7. The van der Waals surface area contributed by atoms with Crippen molar-refractivity contribution >= 4 is 99.6 Å². The number of rotatable bonds is 27. The first-order valence-electron chi connectivity index (χ1n) is 38.7. The van der Waals surface area contributed by atoms with Crippen molar-refractivity contribution in [1.82, 2.24) is 35.4 Å². The molecule has 32 heteroatoms. The molecule has 2 heterocycles. The van der Waals surface area contributed by atoms with Gasteiger partial charge in [-0.25, -0.2) is 14.8 Å². The molecule has 1 fully saturated rings. The number of ketones is 6. The number of nitrogens with one attached hydrogen (secondary N) is 3. The lowest BCUT2D eigenvalue weighted by molar-refractivity contribution is -0.161. The number of carboxylic acids is 2. The second-order valence-corrected chi connectivity index (χ2v) is 30.4. The number of hydrogen-bond donors (Lipinski definition) is 6. The van der Waals surface area contributed by atoms with Crippen LogP contribution in [0, 0.1) is 47.3 Å². The lowest BCUT2D eigenvalue weighted by Crippen LogP contribution is -2.54. The minimum atomic E-state index is -1.54. The van der Waals surface area contributed by atoms with Gasteiger partial charge in [0.25, 0.3) is 11.8 Å². The van der Waals surface area contributed by atoms with Crippen molar-refractivity contribution in [3.8, 4) is 5.75 Å². The number of carbonyl (C=O) groups is 16. The number of Topliss-reactive ketones (excluding diaryl/α,β-unsaturated/α-hetero) is 6. The maximum Gasteiger partial charge on any atom is 0.328 e. The van der Waals surface area contributed by atoms with E-state index >= 15 is 0 Å². The Labute approximate surface area is 663 Å². The molecule has 0 saturated carbocycles. The number of benzene rings is 1. The number of likely N-dealkylation sites (N-methyl/N-ethyl adjacent to an activating group) is 2. The fraction of sp³-hybridized carbons (Fsp3) is 0.654. The van der Waals surface area contributed by atoms with E-state index in [0.29, 0.717) is 48.0 Å². The predicted octanol–water partition coefficient (Wildman–Crippen LogP) is 6.04. The number of nitrogens with zero attached hydrogens (tertiary/aromatic N) is 5. The van der Waals surface area contributed by atoms with Crippen LogP contribution in [0.15, 0.2) is 54.8 Å². The van der Waals surface area contributed by atoms with Crippen LogP contribution in [0.25, 0.3) is 0 Å². The van der Waals surface area contributed by atoms with Crippen LogP contribution in [0.5, 0.6) is 5.75 Å². The Balaban J connectivity index is 1.92. The molecule has 13 atom stereocenters. The second kappa shape index (κ2) is 48.7. The van der Waals surface area contributed by atoms with Crippen molar-refractivity contribution in [2.45, 2.75) is 215 Å². The van der Waals surface area contributed by atoms with Gasteiger partial charge < -0.3 is 64.8 Å². The standard InChI is InChI=1S/C81H122N8O24/c1-18-49(6)76(86(15)79(105)60(47(2)3)43-66(96)75(48(4)5)85(13)14)68(109-16)44-73(101)87-33-19-24-62(87)77(110-17)53(10)63(93)42-57(80(106)107)40-56-26-27-67-61(41-56)84-78(104)50(7)38-64(94)54(11)82-69(97)31-36-111-35-21-23-59(92)46-89(72(100)29-30-74(102)103)88(71(99)28-25-52(9)90)45-58(91)22-20-34-112-37-32-70(98)83-55(12)65(95)39-51(8)81(108)113-67/h25-30,41,47-51,53-55,57,60,62,68,75-77,90H,9,18-24,31-40,42-46H2,1-8,10-17H3,(H,82,97)(H,83,98)(H,84,104)(H,102,103)(H,106,107)/b28-25-,30-29-/t49-,50+,51+,53-,54-,55-,57+,60-,62-,68+,75-,76-,77+/m0/s1. The molecule has 0 radical (unpaired) electrons. The van der Waals surface area contributed by atoms with Crippen LogP contribution >= 0.6 is 0 Å². The lowest BCUT2D eigenvalue weighted by Gasteiger charge is -2.41. The lowest BCUT2D eigenvalue weighted by atomic mass is 9.83. The van der Waals surface area contributed by atoms with Crippen molar-refractivity contribution in [3.05, 3.63) is 60.4 Å². The molecule has 0 aliphatic carbocycles. The van der Waals surface area contributed by atoms with Crippen LogP contribution in [0.1, 0.15) is 172 Å². The van der Waals surface area contributed by atoms with Gasteiger partial charge in [0.15, 0.2) is 34.7 Å². The van der Waals surface area contributed by atoms with Gasteiger partial charge in [0.2, 0.25) is 29.5 Å². The molecule has 0 spiro atoms. The molecule has 32 nitrogen and oxygen atoms in total. The number of hydrazine groups is 1. The Hall–Kier alpha value is -9.24. The first-order chi connectivity index (χ1) is 53.1. The number of likely N-dealkylation sites (tertiary alicyclic amines) is 1. The second-order valence-electron chi connectivity index (χ2n) is 30.4. The summed E-state index contributed by atoms with van der Waals surface area (Å²) in [6.07, 6.45) is -0.189. The molecule has 6 N–H and O–H groups in total. The highest BCUT2D eigenvalue weighted by atomic mass is 16.5. The van der Waals surface area contributed by atoms with Crippen LogP contribution < -0.4 is 20.7 Å². The molecule has 2 aliphatic heterocycles. The molecule has 1 aromatic rings. The van der Waals surface area contributed by atoms with Gasteiger partial charge in [-0.05, 0) is 102 Å². The summed E-state index contributed by atoms with van der Waals surface area (Å²) < 4.78 is 29.0. The van der Waals surface area contributed by atoms with E-state index in [1.165, 1.54) is 60.1 Å². The van der Waals surface area contributed by atoms with E-state index < -0.39 is 180 Å². The van der Waals surface area contributed by atoms with Gasteiger partial charge in [-0.2, -0.15) is 0 Å². The normalized spacial score (nSPS) is 21.8. The summed E-state index contributed by atoms with van der Waals surface area (Å²) in [4.78, 5) is 222. The molecule has 0 bridgehead atoms. The number of carboxylic acid groups (broad SMARTS) is 2.